The minimum Gasteiger partial charge on any atom is -0.495 e. The highest BCUT2D eigenvalue weighted by atomic mass is 79.9. The van der Waals surface area contributed by atoms with Crippen LogP contribution in [0.4, 0.5) is 5.69 Å². The summed E-state index contributed by atoms with van der Waals surface area (Å²) < 4.78 is 6.03. The van der Waals surface area contributed by atoms with E-state index in [2.05, 4.69) is 20.9 Å². The number of pyridine rings is 1. The molecular formula is C19H15BrClN3O2. The predicted molar refractivity (Wildman–Crippen MR) is 105 cm³/mol. The number of hydrogen-bond donors (Lipinski definition) is 1. The van der Waals surface area contributed by atoms with Crippen LogP contribution in [0.1, 0.15) is 21.6 Å². The van der Waals surface area contributed by atoms with Gasteiger partial charge >= 0.3 is 0 Å². The Hall–Kier alpha value is -2.31. The summed E-state index contributed by atoms with van der Waals surface area (Å²) >= 11 is 9.69. The second-order valence-corrected chi connectivity index (χ2v) is 7.37. The van der Waals surface area contributed by atoms with E-state index in [1.807, 2.05) is 24.3 Å². The van der Waals surface area contributed by atoms with Crippen molar-refractivity contribution in [2.45, 2.75) is 13.1 Å². The first-order valence-electron chi connectivity index (χ1n) is 7.98. The second-order valence-electron chi connectivity index (χ2n) is 6.11. The molecule has 2 heterocycles. The lowest BCUT2D eigenvalue weighted by molar-refractivity contribution is 0.0767. The van der Waals surface area contributed by atoms with Gasteiger partial charge in [-0.2, -0.15) is 0 Å². The van der Waals surface area contributed by atoms with Gasteiger partial charge in [0.2, 0.25) is 0 Å². The summed E-state index contributed by atoms with van der Waals surface area (Å²) in [7, 11) is 1.57. The van der Waals surface area contributed by atoms with E-state index >= 15 is 0 Å². The molecule has 1 aromatic heterocycles. The van der Waals surface area contributed by atoms with Gasteiger partial charge in [0.25, 0.3) is 5.91 Å². The van der Waals surface area contributed by atoms with Gasteiger partial charge in [0, 0.05) is 16.4 Å². The predicted octanol–water partition coefficient (Wildman–Crippen LogP) is 4.40. The molecule has 0 radical (unpaired) electrons. The first-order valence-corrected chi connectivity index (χ1v) is 9.15. The molecular weight excluding hydrogens is 418 g/mol. The number of halogens is 2. The van der Waals surface area contributed by atoms with Crippen LogP contribution in [0.15, 0.2) is 40.9 Å². The fraction of sp³-hybridized carbons (Fsp3) is 0.158. The lowest BCUT2D eigenvalue weighted by Crippen LogP contribution is -2.23. The average molecular weight is 433 g/mol. The number of anilines is 1. The lowest BCUT2D eigenvalue weighted by Gasteiger charge is -2.16. The molecule has 4 rings (SSSR count). The first-order chi connectivity index (χ1) is 12.5. The molecule has 7 heteroatoms. The van der Waals surface area contributed by atoms with E-state index in [1.165, 1.54) is 0 Å². The van der Waals surface area contributed by atoms with Crippen LogP contribution in [0.2, 0.25) is 5.02 Å². The zero-order chi connectivity index (χ0) is 18.4. The summed E-state index contributed by atoms with van der Waals surface area (Å²) in [5, 5.41) is 1.29. The Morgan fingerprint density at radius 2 is 2.15 bits per heavy atom. The standard InChI is InChI=1S/C19H15BrClN3O2/c1-26-15-6-5-10(7-13(15)21)8-24-9-14-16(19(24)25)17(22)11-3-2-4-12(20)18(11)23-14/h2-7H,8-9H2,1H3,(H2,22,23). The number of aromatic nitrogens is 1. The number of ether oxygens (including phenoxy) is 1. The number of methoxy groups -OCH3 is 1. The van der Waals surface area contributed by atoms with Crippen molar-refractivity contribution in [1.82, 2.24) is 9.88 Å². The van der Waals surface area contributed by atoms with Gasteiger partial charge in [0.15, 0.2) is 0 Å². The summed E-state index contributed by atoms with van der Waals surface area (Å²) in [4.78, 5) is 19.3. The number of hydrogen-bond acceptors (Lipinski definition) is 4. The zero-order valence-corrected chi connectivity index (χ0v) is 16.3. The van der Waals surface area contributed by atoms with Gasteiger partial charge in [-0.15, -0.1) is 0 Å². The normalized spacial score (nSPS) is 13.3. The van der Waals surface area contributed by atoms with Crippen LogP contribution in [0.3, 0.4) is 0 Å². The topological polar surface area (TPSA) is 68.4 Å². The van der Waals surface area contributed by atoms with E-state index < -0.39 is 0 Å². The number of nitrogens with two attached hydrogens (primary N) is 1. The van der Waals surface area contributed by atoms with Gasteiger partial charge in [0.1, 0.15) is 5.75 Å². The summed E-state index contributed by atoms with van der Waals surface area (Å²) in [6, 6.07) is 11.2. The molecule has 132 valence electrons. The van der Waals surface area contributed by atoms with Crippen LogP contribution in [-0.4, -0.2) is 22.9 Å². The van der Waals surface area contributed by atoms with Gasteiger partial charge < -0.3 is 15.4 Å². The SMILES string of the molecule is COc1ccc(CN2Cc3nc4c(Br)cccc4c(N)c3C2=O)cc1Cl. The highest BCUT2D eigenvalue weighted by molar-refractivity contribution is 9.10. The van der Waals surface area contributed by atoms with Crippen molar-refractivity contribution in [3.63, 3.8) is 0 Å². The summed E-state index contributed by atoms with van der Waals surface area (Å²) in [5.74, 6) is 0.493. The molecule has 26 heavy (non-hydrogen) atoms. The van der Waals surface area contributed by atoms with Crippen LogP contribution in [0, 0.1) is 0 Å². The number of nitrogens with zero attached hydrogens (tertiary/aromatic N) is 2. The Morgan fingerprint density at radius 1 is 1.35 bits per heavy atom. The van der Waals surface area contributed by atoms with Crippen LogP contribution in [0.25, 0.3) is 10.9 Å². The molecule has 1 aliphatic rings. The van der Waals surface area contributed by atoms with E-state index in [9.17, 15) is 4.79 Å². The van der Waals surface area contributed by atoms with Crippen LogP contribution >= 0.6 is 27.5 Å². The van der Waals surface area contributed by atoms with E-state index in [1.54, 1.807) is 24.1 Å². The number of nitrogen functional groups attached to an aromatic ring is 1. The van der Waals surface area contributed by atoms with E-state index in [0.29, 0.717) is 40.8 Å². The largest absolute Gasteiger partial charge is 0.495 e. The van der Waals surface area contributed by atoms with Crippen molar-refractivity contribution in [2.75, 3.05) is 12.8 Å². The highest BCUT2D eigenvalue weighted by Crippen LogP contribution is 2.35. The molecule has 5 nitrogen and oxygen atoms in total. The smallest absolute Gasteiger partial charge is 0.258 e. The quantitative estimate of drug-likeness (QED) is 0.666. The van der Waals surface area contributed by atoms with Gasteiger partial charge in [-0.1, -0.05) is 29.8 Å². The molecule has 0 saturated heterocycles. The molecule has 0 spiro atoms. The Balaban J connectivity index is 1.70. The number of para-hydroxylation sites is 1. The number of carbonyl (C=O) groups is 1. The molecule has 1 aliphatic heterocycles. The molecule has 1 amide bonds. The van der Waals surface area contributed by atoms with Crippen molar-refractivity contribution in [3.8, 4) is 5.75 Å². The Bertz CT molecular complexity index is 1050. The number of benzene rings is 2. The lowest BCUT2D eigenvalue weighted by atomic mass is 10.1. The van der Waals surface area contributed by atoms with E-state index in [0.717, 1.165) is 20.9 Å². The fourth-order valence-corrected chi connectivity index (χ4v) is 3.98. The Labute approximate surface area is 163 Å². The highest BCUT2D eigenvalue weighted by Gasteiger charge is 2.32. The van der Waals surface area contributed by atoms with Crippen molar-refractivity contribution in [3.05, 3.63) is 62.7 Å². The van der Waals surface area contributed by atoms with Crippen molar-refractivity contribution in [2.24, 2.45) is 0 Å². The molecule has 3 aromatic rings. The maximum atomic E-state index is 12.9. The zero-order valence-electron chi connectivity index (χ0n) is 13.9. The molecule has 0 unspecified atom stereocenters. The van der Waals surface area contributed by atoms with Gasteiger partial charge in [0.05, 0.1) is 41.1 Å². The third-order valence-corrected chi connectivity index (χ3v) is 5.45. The van der Waals surface area contributed by atoms with Crippen LogP contribution in [0.5, 0.6) is 5.75 Å². The van der Waals surface area contributed by atoms with E-state index in [-0.39, 0.29) is 5.91 Å². The maximum absolute atomic E-state index is 12.9. The number of rotatable bonds is 3. The average Bonchev–Trinajstić information content (AvgIpc) is 2.92. The minimum absolute atomic E-state index is 0.112. The van der Waals surface area contributed by atoms with Crippen molar-refractivity contribution < 1.29 is 9.53 Å². The molecule has 0 atom stereocenters. The summed E-state index contributed by atoms with van der Waals surface area (Å²) in [6.07, 6.45) is 0. The Morgan fingerprint density at radius 3 is 2.88 bits per heavy atom. The maximum Gasteiger partial charge on any atom is 0.258 e. The van der Waals surface area contributed by atoms with Crippen LogP contribution in [-0.2, 0) is 13.1 Å². The molecule has 0 bridgehead atoms. The fourth-order valence-electron chi connectivity index (χ4n) is 3.25. The van der Waals surface area contributed by atoms with Gasteiger partial charge in [-0.25, -0.2) is 4.98 Å². The minimum atomic E-state index is -0.112. The number of amides is 1. The molecule has 0 aliphatic carbocycles. The monoisotopic (exact) mass is 431 g/mol. The third-order valence-electron chi connectivity index (χ3n) is 4.51. The number of carbonyl (C=O) groups excluding carboxylic acids is 1. The molecule has 2 aromatic carbocycles. The van der Waals surface area contributed by atoms with Gasteiger partial charge in [-0.3, -0.25) is 4.79 Å². The molecule has 0 fully saturated rings. The molecule has 2 N–H and O–H groups in total. The van der Waals surface area contributed by atoms with E-state index in [4.69, 9.17) is 22.1 Å². The summed E-state index contributed by atoms with van der Waals surface area (Å²) in [6.45, 7) is 0.842. The first kappa shape index (κ1) is 17.1. The third kappa shape index (κ3) is 2.70. The second kappa shape index (κ2) is 6.45. The molecule has 0 saturated carbocycles. The Kier molecular flexibility index (Phi) is 4.25. The van der Waals surface area contributed by atoms with Crippen molar-refractivity contribution in [1.29, 1.82) is 0 Å². The summed E-state index contributed by atoms with van der Waals surface area (Å²) in [5.41, 5.74) is 9.66. The number of fused-ring (bicyclic) bond motifs is 2. The van der Waals surface area contributed by atoms with Gasteiger partial charge in [-0.05, 0) is 39.7 Å². The van der Waals surface area contributed by atoms with Crippen molar-refractivity contribution >= 4 is 50.0 Å². The van der Waals surface area contributed by atoms with Crippen LogP contribution < -0.4 is 10.5 Å².